The molecule has 0 fully saturated rings. The van der Waals surface area contributed by atoms with Gasteiger partial charge in [-0.15, -0.1) is 17.9 Å². The molecule has 0 amide bonds. The van der Waals surface area contributed by atoms with E-state index in [1.54, 1.807) is 19.9 Å². The summed E-state index contributed by atoms with van der Waals surface area (Å²) >= 11 is 0. The molecule has 160 valence electrons. The van der Waals surface area contributed by atoms with Gasteiger partial charge in [-0.3, -0.25) is 4.40 Å². The number of hydrogen-bond donors (Lipinski definition) is 0. The molecule has 0 radical (unpaired) electrons. The first-order chi connectivity index (χ1) is 14.7. The van der Waals surface area contributed by atoms with Gasteiger partial charge in [0.2, 0.25) is 0 Å². The van der Waals surface area contributed by atoms with Gasteiger partial charge in [-0.2, -0.15) is 5.10 Å². The van der Waals surface area contributed by atoms with Crippen LogP contribution in [0.15, 0.2) is 47.7 Å². The van der Waals surface area contributed by atoms with Gasteiger partial charge < -0.3 is 9.47 Å². The van der Waals surface area contributed by atoms with Crippen LogP contribution in [0.3, 0.4) is 0 Å². The van der Waals surface area contributed by atoms with E-state index in [1.165, 1.54) is 48.3 Å². The van der Waals surface area contributed by atoms with Gasteiger partial charge in [0.15, 0.2) is 5.75 Å². The molecular weight excluding hydrogens is 415 g/mol. The van der Waals surface area contributed by atoms with Crippen LogP contribution in [0.4, 0.5) is 13.2 Å². The van der Waals surface area contributed by atoms with E-state index < -0.39 is 12.1 Å². The maximum Gasteiger partial charge on any atom is 0.573 e. The fourth-order valence-electron chi connectivity index (χ4n) is 3.45. The second-order valence-electron chi connectivity index (χ2n) is 6.64. The molecule has 0 spiro atoms. The van der Waals surface area contributed by atoms with E-state index in [0.29, 0.717) is 33.7 Å². The fourth-order valence-corrected chi connectivity index (χ4v) is 3.45. The van der Waals surface area contributed by atoms with Crippen molar-refractivity contribution in [2.75, 3.05) is 7.11 Å². The van der Waals surface area contributed by atoms with Crippen molar-refractivity contribution >= 4 is 5.52 Å². The maximum absolute atomic E-state index is 13.1. The lowest BCUT2D eigenvalue weighted by molar-refractivity contribution is -0.274. The number of methoxy groups -OCH3 is 1. The zero-order valence-corrected chi connectivity index (χ0v) is 16.6. The Hall–Kier alpha value is -3.89. The molecule has 0 bridgehead atoms. The van der Waals surface area contributed by atoms with Crippen LogP contribution in [0.25, 0.3) is 22.6 Å². The van der Waals surface area contributed by atoms with Crippen LogP contribution < -0.4 is 15.2 Å². The van der Waals surface area contributed by atoms with Crippen molar-refractivity contribution in [3.63, 3.8) is 0 Å². The van der Waals surface area contributed by atoms with Crippen LogP contribution in [0.5, 0.6) is 11.5 Å². The molecule has 0 saturated carbocycles. The lowest BCUT2D eigenvalue weighted by atomic mass is 10.0. The van der Waals surface area contributed by atoms with Crippen LogP contribution in [-0.4, -0.2) is 37.6 Å². The van der Waals surface area contributed by atoms with Crippen LogP contribution in [0.1, 0.15) is 11.3 Å². The molecule has 0 unspecified atom stereocenters. The molecule has 4 aromatic rings. The first-order valence-electron chi connectivity index (χ1n) is 9.02. The molecule has 3 heterocycles. The third-order valence-corrected chi connectivity index (χ3v) is 4.76. The first kappa shape index (κ1) is 20.4. The van der Waals surface area contributed by atoms with Gasteiger partial charge in [0.25, 0.3) is 5.95 Å². The van der Waals surface area contributed by atoms with Gasteiger partial charge in [0, 0.05) is 11.3 Å². The number of benzene rings is 1. The number of fused-ring (bicyclic) bond motifs is 1. The van der Waals surface area contributed by atoms with E-state index in [2.05, 4.69) is 19.8 Å². The van der Waals surface area contributed by atoms with E-state index in [4.69, 9.17) is 4.74 Å². The molecule has 0 N–H and O–H groups in total. The Bertz CT molecular complexity index is 1330. The average molecular weight is 431 g/mol. The maximum atomic E-state index is 13.1. The Kier molecular flexibility index (Phi) is 4.88. The van der Waals surface area contributed by atoms with Crippen molar-refractivity contribution in [1.82, 2.24) is 24.1 Å². The second-order valence-corrected chi connectivity index (χ2v) is 6.64. The standard InChI is InChI=1S/C20H16F3N5O3/c1-11-16-10-26-28(18-24-8-15(30-3)9-25-18)19(29)27(16)12(2)17(11)13-5-4-6-14(7-13)31-20(21,22)23/h4-10H,1-3H3. The molecule has 8 nitrogen and oxygen atoms in total. The van der Waals surface area contributed by atoms with Crippen molar-refractivity contribution in [3.05, 3.63) is 64.6 Å². The highest BCUT2D eigenvalue weighted by Gasteiger charge is 2.31. The Morgan fingerprint density at radius 3 is 2.39 bits per heavy atom. The summed E-state index contributed by atoms with van der Waals surface area (Å²) in [4.78, 5) is 21.3. The van der Waals surface area contributed by atoms with Gasteiger partial charge in [0.05, 0.1) is 31.2 Å². The van der Waals surface area contributed by atoms with Gasteiger partial charge in [0.1, 0.15) is 5.75 Å². The number of aryl methyl sites for hydroxylation is 2. The molecule has 0 saturated heterocycles. The lowest BCUT2D eigenvalue weighted by Crippen LogP contribution is -2.29. The summed E-state index contributed by atoms with van der Waals surface area (Å²) in [6.45, 7) is 3.47. The Labute approximate surface area is 173 Å². The zero-order valence-electron chi connectivity index (χ0n) is 16.6. The van der Waals surface area contributed by atoms with Crippen molar-refractivity contribution in [1.29, 1.82) is 0 Å². The average Bonchev–Trinajstić information content (AvgIpc) is 2.98. The van der Waals surface area contributed by atoms with E-state index in [1.807, 2.05) is 0 Å². The number of aromatic nitrogens is 5. The summed E-state index contributed by atoms with van der Waals surface area (Å²) in [5.41, 5.74) is 2.31. The lowest BCUT2D eigenvalue weighted by Gasteiger charge is -2.10. The van der Waals surface area contributed by atoms with Crippen molar-refractivity contribution in [3.8, 4) is 28.6 Å². The summed E-state index contributed by atoms with van der Waals surface area (Å²) in [5.74, 6) is 0.135. The predicted octanol–water partition coefficient (Wildman–Crippen LogP) is 3.47. The molecule has 0 aliphatic rings. The van der Waals surface area contributed by atoms with Gasteiger partial charge >= 0.3 is 12.1 Å². The smallest absolute Gasteiger partial charge is 0.494 e. The first-order valence-corrected chi connectivity index (χ1v) is 9.02. The minimum atomic E-state index is -4.80. The summed E-state index contributed by atoms with van der Waals surface area (Å²) in [6.07, 6.45) is -0.501. The van der Waals surface area contributed by atoms with Crippen molar-refractivity contribution in [2.24, 2.45) is 0 Å². The number of hydrogen-bond acceptors (Lipinski definition) is 6. The Morgan fingerprint density at radius 1 is 1.03 bits per heavy atom. The molecule has 0 aliphatic heterocycles. The molecular formula is C20H16F3N5O3. The third kappa shape index (κ3) is 3.69. The SMILES string of the molecule is COc1cnc(-n2ncc3c(C)c(-c4cccc(OC(F)(F)F)c4)c(C)n3c2=O)nc1. The highest BCUT2D eigenvalue weighted by atomic mass is 19.4. The zero-order chi connectivity index (χ0) is 22.3. The molecule has 11 heteroatoms. The summed E-state index contributed by atoms with van der Waals surface area (Å²) in [7, 11) is 1.47. The van der Waals surface area contributed by atoms with Crippen LogP contribution >= 0.6 is 0 Å². The van der Waals surface area contributed by atoms with Crippen molar-refractivity contribution in [2.45, 2.75) is 20.2 Å². The highest BCUT2D eigenvalue weighted by Crippen LogP contribution is 2.34. The number of rotatable bonds is 4. The molecule has 4 rings (SSSR count). The topological polar surface area (TPSA) is 83.5 Å². The molecule has 3 aromatic heterocycles. The third-order valence-electron chi connectivity index (χ3n) is 4.76. The van der Waals surface area contributed by atoms with Crippen LogP contribution in [0.2, 0.25) is 0 Å². The Balaban J connectivity index is 1.87. The van der Waals surface area contributed by atoms with Gasteiger partial charge in [-0.1, -0.05) is 12.1 Å². The molecule has 1 aromatic carbocycles. The minimum absolute atomic E-state index is 0.0561. The van der Waals surface area contributed by atoms with Crippen LogP contribution in [0, 0.1) is 13.8 Å². The molecule has 31 heavy (non-hydrogen) atoms. The quantitative estimate of drug-likeness (QED) is 0.492. The normalized spacial score (nSPS) is 11.7. The predicted molar refractivity (Wildman–Crippen MR) is 105 cm³/mol. The fraction of sp³-hybridized carbons (Fsp3) is 0.200. The van der Waals surface area contributed by atoms with E-state index >= 15 is 0 Å². The molecule has 0 atom stereocenters. The van der Waals surface area contributed by atoms with Gasteiger partial charge in [-0.25, -0.2) is 14.8 Å². The second kappa shape index (κ2) is 7.42. The van der Waals surface area contributed by atoms with E-state index in [9.17, 15) is 18.0 Å². The van der Waals surface area contributed by atoms with Crippen molar-refractivity contribution < 1.29 is 22.6 Å². The van der Waals surface area contributed by atoms with Crippen LogP contribution in [-0.2, 0) is 0 Å². The number of halogens is 3. The number of alkyl halides is 3. The molecule has 0 aliphatic carbocycles. The summed E-state index contributed by atoms with van der Waals surface area (Å²) < 4.78 is 49.3. The number of ether oxygens (including phenoxy) is 2. The Morgan fingerprint density at radius 2 is 1.74 bits per heavy atom. The van der Waals surface area contributed by atoms with E-state index in [-0.39, 0.29) is 11.7 Å². The minimum Gasteiger partial charge on any atom is -0.494 e. The summed E-state index contributed by atoms with van der Waals surface area (Å²) in [6, 6.07) is 5.60. The number of nitrogens with zero attached hydrogens (tertiary/aromatic N) is 5. The largest absolute Gasteiger partial charge is 0.573 e. The summed E-state index contributed by atoms with van der Waals surface area (Å²) in [5, 5.41) is 4.15. The highest BCUT2D eigenvalue weighted by molar-refractivity contribution is 5.79. The van der Waals surface area contributed by atoms with Gasteiger partial charge in [-0.05, 0) is 37.1 Å². The monoisotopic (exact) mass is 431 g/mol. The van der Waals surface area contributed by atoms with E-state index in [0.717, 1.165) is 4.68 Å².